The molecule has 21 heavy (non-hydrogen) atoms. The number of aromatic nitrogens is 2. The van der Waals surface area contributed by atoms with Gasteiger partial charge in [-0.2, -0.15) is 5.10 Å². The predicted octanol–water partition coefficient (Wildman–Crippen LogP) is 0.746. The summed E-state index contributed by atoms with van der Waals surface area (Å²) in [5.41, 5.74) is 2.19. The van der Waals surface area contributed by atoms with E-state index in [0.29, 0.717) is 32.5 Å². The second-order valence-corrected chi connectivity index (χ2v) is 6.09. The molecular weight excluding hydrogens is 270 g/mol. The van der Waals surface area contributed by atoms with Crippen LogP contribution in [-0.4, -0.2) is 52.1 Å². The van der Waals surface area contributed by atoms with Crippen molar-refractivity contribution in [1.29, 1.82) is 0 Å². The molecule has 1 fully saturated rings. The third-order valence-corrected chi connectivity index (χ3v) is 4.52. The molecule has 0 saturated heterocycles. The van der Waals surface area contributed by atoms with Gasteiger partial charge in [0.2, 0.25) is 5.91 Å². The van der Waals surface area contributed by atoms with Crippen molar-refractivity contribution in [1.82, 2.24) is 14.7 Å². The Morgan fingerprint density at radius 1 is 1.52 bits per heavy atom. The van der Waals surface area contributed by atoms with Crippen molar-refractivity contribution in [2.24, 2.45) is 5.92 Å². The van der Waals surface area contributed by atoms with Gasteiger partial charge in [-0.1, -0.05) is 0 Å². The summed E-state index contributed by atoms with van der Waals surface area (Å²) in [6.07, 6.45) is 2.95. The second kappa shape index (κ2) is 5.77. The van der Waals surface area contributed by atoms with E-state index in [0.717, 1.165) is 17.8 Å². The van der Waals surface area contributed by atoms with Crippen molar-refractivity contribution in [3.05, 3.63) is 17.5 Å². The van der Waals surface area contributed by atoms with E-state index in [1.807, 2.05) is 15.8 Å². The van der Waals surface area contributed by atoms with E-state index in [-0.39, 0.29) is 23.8 Å². The lowest BCUT2D eigenvalue weighted by Gasteiger charge is -2.38. The molecule has 3 rings (SSSR count). The van der Waals surface area contributed by atoms with Crippen molar-refractivity contribution in [3.63, 3.8) is 0 Å². The zero-order chi connectivity index (χ0) is 15.0. The summed E-state index contributed by atoms with van der Waals surface area (Å²) >= 11 is 0. The van der Waals surface area contributed by atoms with Gasteiger partial charge in [0.1, 0.15) is 0 Å². The Balaban J connectivity index is 1.78. The number of rotatable bonds is 4. The molecule has 6 nitrogen and oxygen atoms in total. The van der Waals surface area contributed by atoms with Gasteiger partial charge >= 0.3 is 0 Å². The van der Waals surface area contributed by atoms with Gasteiger partial charge in [-0.25, -0.2) is 0 Å². The smallest absolute Gasteiger partial charge is 0.226 e. The summed E-state index contributed by atoms with van der Waals surface area (Å²) in [7, 11) is 1.68. The minimum absolute atomic E-state index is 0.00837. The van der Waals surface area contributed by atoms with E-state index in [9.17, 15) is 9.90 Å². The number of aliphatic hydroxyl groups excluding tert-OH is 1. The lowest BCUT2D eigenvalue weighted by molar-refractivity contribution is -0.143. The molecule has 6 heteroatoms. The molecule has 1 aliphatic carbocycles. The highest BCUT2D eigenvalue weighted by atomic mass is 16.5. The Hall–Kier alpha value is -1.40. The van der Waals surface area contributed by atoms with Gasteiger partial charge in [-0.15, -0.1) is 0 Å². The van der Waals surface area contributed by atoms with E-state index >= 15 is 0 Å². The standard InChI is InChI=1S/C15H23N3O3/c1-3-18-8-11-6-17(15(20)10-4-13(19)5-10)7-12(9-21-2)14(11)16-18/h8,10,12-13,19H,3-7,9H2,1-2H3/t10?,12-,13?/m1/s1. The summed E-state index contributed by atoms with van der Waals surface area (Å²) in [5, 5.41) is 14.0. The van der Waals surface area contributed by atoms with Gasteiger partial charge in [0, 0.05) is 50.3 Å². The van der Waals surface area contributed by atoms with Gasteiger partial charge in [-0.3, -0.25) is 9.48 Å². The van der Waals surface area contributed by atoms with Crippen LogP contribution in [0.4, 0.5) is 0 Å². The molecule has 1 atom stereocenters. The molecule has 1 aromatic heterocycles. The Labute approximate surface area is 124 Å². The summed E-state index contributed by atoms with van der Waals surface area (Å²) in [5.74, 6) is 0.294. The zero-order valence-corrected chi connectivity index (χ0v) is 12.7. The highest BCUT2D eigenvalue weighted by molar-refractivity contribution is 5.80. The molecule has 0 unspecified atom stereocenters. The summed E-state index contributed by atoms with van der Waals surface area (Å²) < 4.78 is 7.22. The van der Waals surface area contributed by atoms with E-state index in [1.165, 1.54) is 0 Å². The Kier molecular flexibility index (Phi) is 3.99. The molecule has 1 N–H and O–H groups in total. The lowest BCUT2D eigenvalue weighted by Crippen LogP contribution is -2.46. The number of amides is 1. The van der Waals surface area contributed by atoms with Gasteiger partial charge in [0.15, 0.2) is 0 Å². The molecule has 1 aliphatic heterocycles. The second-order valence-electron chi connectivity index (χ2n) is 6.09. The average Bonchev–Trinajstić information content (AvgIpc) is 2.87. The van der Waals surface area contributed by atoms with Crippen LogP contribution in [0.3, 0.4) is 0 Å². The van der Waals surface area contributed by atoms with Gasteiger partial charge in [-0.05, 0) is 19.8 Å². The van der Waals surface area contributed by atoms with Crippen LogP contribution in [0.15, 0.2) is 6.20 Å². The fraction of sp³-hybridized carbons (Fsp3) is 0.733. The third kappa shape index (κ3) is 2.70. The molecular formula is C15H23N3O3. The number of aliphatic hydroxyl groups is 1. The van der Waals surface area contributed by atoms with Gasteiger partial charge in [0.05, 0.1) is 18.4 Å². The predicted molar refractivity (Wildman–Crippen MR) is 76.7 cm³/mol. The summed E-state index contributed by atoms with van der Waals surface area (Å²) in [4.78, 5) is 14.4. The van der Waals surface area contributed by atoms with Crippen LogP contribution in [0, 0.1) is 5.92 Å². The first-order valence-electron chi connectivity index (χ1n) is 7.64. The third-order valence-electron chi connectivity index (χ3n) is 4.52. The molecule has 2 heterocycles. The van der Waals surface area contributed by atoms with Crippen LogP contribution in [0.25, 0.3) is 0 Å². The van der Waals surface area contributed by atoms with Crippen LogP contribution in [-0.2, 0) is 22.6 Å². The maximum absolute atomic E-state index is 12.5. The Morgan fingerprint density at radius 2 is 2.29 bits per heavy atom. The molecule has 0 spiro atoms. The Morgan fingerprint density at radius 3 is 2.90 bits per heavy atom. The fourth-order valence-electron chi connectivity index (χ4n) is 3.28. The molecule has 2 aliphatic rings. The maximum Gasteiger partial charge on any atom is 0.226 e. The highest BCUT2D eigenvalue weighted by Crippen LogP contribution is 2.33. The monoisotopic (exact) mass is 293 g/mol. The van der Waals surface area contributed by atoms with Crippen LogP contribution < -0.4 is 0 Å². The number of nitrogens with zero attached hydrogens (tertiary/aromatic N) is 3. The van der Waals surface area contributed by atoms with E-state index in [2.05, 4.69) is 12.0 Å². The summed E-state index contributed by atoms with van der Waals surface area (Å²) in [6, 6.07) is 0. The number of hydrogen-bond acceptors (Lipinski definition) is 4. The molecule has 0 aromatic carbocycles. The first kappa shape index (κ1) is 14.5. The number of carbonyl (C=O) groups is 1. The van der Waals surface area contributed by atoms with Crippen molar-refractivity contribution < 1.29 is 14.6 Å². The molecule has 0 bridgehead atoms. The number of fused-ring (bicyclic) bond motifs is 1. The van der Waals surface area contributed by atoms with Crippen molar-refractivity contribution in [2.45, 2.75) is 44.9 Å². The van der Waals surface area contributed by atoms with Gasteiger partial charge < -0.3 is 14.7 Å². The van der Waals surface area contributed by atoms with Crippen molar-refractivity contribution in [3.8, 4) is 0 Å². The maximum atomic E-state index is 12.5. The van der Waals surface area contributed by atoms with E-state index in [1.54, 1.807) is 7.11 Å². The minimum atomic E-state index is -0.295. The van der Waals surface area contributed by atoms with Gasteiger partial charge in [0.25, 0.3) is 0 Å². The minimum Gasteiger partial charge on any atom is -0.393 e. The first-order chi connectivity index (χ1) is 10.1. The molecule has 1 amide bonds. The number of ether oxygens (including phenoxy) is 1. The number of methoxy groups -OCH3 is 1. The molecule has 1 aromatic rings. The van der Waals surface area contributed by atoms with Crippen molar-refractivity contribution >= 4 is 5.91 Å². The van der Waals surface area contributed by atoms with E-state index < -0.39 is 0 Å². The number of hydrogen-bond donors (Lipinski definition) is 1. The van der Waals surface area contributed by atoms with E-state index in [4.69, 9.17) is 4.74 Å². The highest BCUT2D eigenvalue weighted by Gasteiger charge is 2.39. The normalized spacial score (nSPS) is 28.1. The fourth-order valence-corrected chi connectivity index (χ4v) is 3.28. The molecule has 116 valence electrons. The first-order valence-corrected chi connectivity index (χ1v) is 7.64. The van der Waals surface area contributed by atoms with Crippen LogP contribution >= 0.6 is 0 Å². The molecule has 1 saturated carbocycles. The van der Waals surface area contributed by atoms with Crippen LogP contribution in [0.1, 0.15) is 36.9 Å². The van der Waals surface area contributed by atoms with Crippen LogP contribution in [0.2, 0.25) is 0 Å². The quantitative estimate of drug-likeness (QED) is 0.889. The van der Waals surface area contributed by atoms with Crippen LogP contribution in [0.5, 0.6) is 0 Å². The zero-order valence-electron chi connectivity index (χ0n) is 12.7. The SMILES string of the molecule is CCn1cc2c(n1)[C@@H](COC)CN(C(=O)C1CC(O)C1)C2. The summed E-state index contributed by atoms with van der Waals surface area (Å²) in [6.45, 7) is 4.75. The largest absolute Gasteiger partial charge is 0.393 e. The topological polar surface area (TPSA) is 67.6 Å². The lowest BCUT2D eigenvalue weighted by atomic mass is 9.81. The van der Waals surface area contributed by atoms with Crippen molar-refractivity contribution in [2.75, 3.05) is 20.3 Å². The number of carbonyl (C=O) groups excluding carboxylic acids is 1. The molecule has 0 radical (unpaired) electrons. The number of aryl methyl sites for hydroxylation is 1. The Bertz CT molecular complexity index is 522. The average molecular weight is 293 g/mol.